The van der Waals surface area contributed by atoms with Gasteiger partial charge in [0.15, 0.2) is 0 Å². The van der Waals surface area contributed by atoms with Crippen LogP contribution in [0.2, 0.25) is 0 Å². The number of rotatable bonds is 6. The third-order valence-electron chi connectivity index (χ3n) is 4.23. The van der Waals surface area contributed by atoms with Gasteiger partial charge < -0.3 is 19.1 Å². The Morgan fingerprint density at radius 1 is 1.20 bits per heavy atom. The number of amides is 1. The number of ether oxygens (including phenoxy) is 3. The average Bonchev–Trinajstić information content (AvgIpc) is 2.57. The first-order chi connectivity index (χ1) is 11.7. The predicted molar refractivity (Wildman–Crippen MR) is 90.2 cm³/mol. The molecule has 1 fully saturated rings. The summed E-state index contributed by atoms with van der Waals surface area (Å²) in [6.07, 6.45) is -1.01. The van der Waals surface area contributed by atoms with Gasteiger partial charge in [0.05, 0.1) is 25.2 Å². The summed E-state index contributed by atoms with van der Waals surface area (Å²) >= 11 is 0. The Hall–Kier alpha value is -2.57. The summed E-state index contributed by atoms with van der Waals surface area (Å²) in [6, 6.07) is 6.22. The number of anilines is 1. The summed E-state index contributed by atoms with van der Waals surface area (Å²) < 4.78 is 15.4. The average molecular weight is 349 g/mol. The molecule has 0 saturated carbocycles. The Morgan fingerprint density at radius 2 is 1.80 bits per heavy atom. The van der Waals surface area contributed by atoms with Crippen molar-refractivity contribution < 1.29 is 28.6 Å². The van der Waals surface area contributed by atoms with Gasteiger partial charge in [-0.25, -0.2) is 0 Å². The minimum Gasteiger partial charge on any atom is -0.497 e. The second-order valence-corrected chi connectivity index (χ2v) is 6.32. The highest BCUT2D eigenvalue weighted by Crippen LogP contribution is 2.41. The maximum atomic E-state index is 12.6. The van der Waals surface area contributed by atoms with Crippen LogP contribution in [0.4, 0.5) is 5.69 Å². The molecule has 136 valence electrons. The van der Waals surface area contributed by atoms with Crippen LogP contribution in [0.15, 0.2) is 24.3 Å². The number of hydrogen-bond donors (Lipinski definition) is 0. The Bertz CT molecular complexity index is 667. The van der Waals surface area contributed by atoms with Crippen molar-refractivity contribution in [2.45, 2.75) is 39.8 Å². The molecular weight excluding hydrogens is 326 g/mol. The van der Waals surface area contributed by atoms with Gasteiger partial charge in [-0.3, -0.25) is 14.4 Å². The summed E-state index contributed by atoms with van der Waals surface area (Å²) in [4.78, 5) is 37.8. The zero-order chi connectivity index (χ0) is 18.8. The molecule has 1 aliphatic heterocycles. The second kappa shape index (κ2) is 7.13. The molecule has 2 unspecified atom stereocenters. The lowest BCUT2D eigenvalue weighted by molar-refractivity contribution is -0.172. The van der Waals surface area contributed by atoms with Crippen molar-refractivity contribution in [2.75, 3.05) is 18.6 Å². The SMILES string of the molecule is CCOC(=O)C(C)(C)C1C(OC(C)=O)C(=O)N1c1ccc(OC)cc1. The molecule has 0 radical (unpaired) electrons. The van der Waals surface area contributed by atoms with Crippen LogP contribution in [0.3, 0.4) is 0 Å². The maximum absolute atomic E-state index is 12.6. The monoisotopic (exact) mass is 349 g/mol. The standard InChI is InChI=1S/C18H23NO6/c1-6-24-17(22)18(3,4)15-14(25-11(2)20)16(21)19(15)12-7-9-13(23-5)10-8-12/h7-10,14-15H,6H2,1-5H3. The summed E-state index contributed by atoms with van der Waals surface area (Å²) in [6.45, 7) is 6.52. The summed E-state index contributed by atoms with van der Waals surface area (Å²) in [5.74, 6) is -0.752. The molecule has 0 aromatic heterocycles. The lowest BCUT2D eigenvalue weighted by Crippen LogP contribution is -2.72. The van der Waals surface area contributed by atoms with Crippen LogP contribution in [0.25, 0.3) is 0 Å². The molecule has 0 N–H and O–H groups in total. The van der Waals surface area contributed by atoms with E-state index in [1.165, 1.54) is 11.8 Å². The molecule has 1 heterocycles. The first-order valence-electron chi connectivity index (χ1n) is 8.05. The molecule has 1 aromatic carbocycles. The summed E-state index contributed by atoms with van der Waals surface area (Å²) in [7, 11) is 1.55. The topological polar surface area (TPSA) is 82.1 Å². The smallest absolute Gasteiger partial charge is 0.313 e. The fourth-order valence-corrected chi connectivity index (χ4v) is 2.93. The molecule has 1 aromatic rings. The van der Waals surface area contributed by atoms with Crippen LogP contribution >= 0.6 is 0 Å². The van der Waals surface area contributed by atoms with Gasteiger partial charge in [-0.1, -0.05) is 0 Å². The van der Waals surface area contributed by atoms with Crippen LogP contribution in [0.1, 0.15) is 27.7 Å². The summed E-state index contributed by atoms with van der Waals surface area (Å²) in [5, 5.41) is 0. The molecule has 7 nitrogen and oxygen atoms in total. The number of carbonyl (C=O) groups excluding carboxylic acids is 3. The fourth-order valence-electron chi connectivity index (χ4n) is 2.93. The number of β-lactam (4-membered cyclic amide) rings is 1. The van der Waals surface area contributed by atoms with E-state index in [1.54, 1.807) is 52.1 Å². The first-order valence-corrected chi connectivity index (χ1v) is 8.05. The van der Waals surface area contributed by atoms with E-state index in [1.807, 2.05) is 0 Å². The quantitative estimate of drug-likeness (QED) is 0.576. The number of esters is 2. The largest absolute Gasteiger partial charge is 0.497 e. The van der Waals surface area contributed by atoms with Gasteiger partial charge in [0.1, 0.15) is 5.75 Å². The number of hydrogen-bond acceptors (Lipinski definition) is 6. The molecule has 7 heteroatoms. The second-order valence-electron chi connectivity index (χ2n) is 6.32. The van der Waals surface area contributed by atoms with Crippen LogP contribution < -0.4 is 9.64 Å². The van der Waals surface area contributed by atoms with Crippen molar-refractivity contribution in [2.24, 2.45) is 5.41 Å². The highest BCUT2D eigenvalue weighted by Gasteiger charge is 2.60. The Morgan fingerprint density at radius 3 is 2.28 bits per heavy atom. The number of carbonyl (C=O) groups is 3. The van der Waals surface area contributed by atoms with Gasteiger partial charge in [-0.2, -0.15) is 0 Å². The molecule has 0 bridgehead atoms. The molecule has 25 heavy (non-hydrogen) atoms. The van der Waals surface area contributed by atoms with E-state index in [0.29, 0.717) is 11.4 Å². The first kappa shape index (κ1) is 18.8. The number of methoxy groups -OCH3 is 1. The van der Waals surface area contributed by atoms with Crippen molar-refractivity contribution in [1.29, 1.82) is 0 Å². The Labute approximate surface area is 146 Å². The van der Waals surface area contributed by atoms with E-state index in [-0.39, 0.29) is 12.5 Å². The van der Waals surface area contributed by atoms with E-state index in [4.69, 9.17) is 14.2 Å². The number of benzene rings is 1. The molecule has 1 saturated heterocycles. The van der Waals surface area contributed by atoms with Gasteiger partial charge in [0.25, 0.3) is 5.91 Å². The van der Waals surface area contributed by atoms with Gasteiger partial charge in [0.2, 0.25) is 6.10 Å². The van der Waals surface area contributed by atoms with Crippen molar-refractivity contribution in [3.8, 4) is 5.75 Å². The molecule has 2 rings (SSSR count). The normalized spacial score (nSPS) is 19.9. The van der Waals surface area contributed by atoms with E-state index < -0.39 is 29.5 Å². The van der Waals surface area contributed by atoms with Crippen LogP contribution in [0, 0.1) is 5.41 Å². The van der Waals surface area contributed by atoms with Crippen molar-refractivity contribution in [1.82, 2.24) is 0 Å². The van der Waals surface area contributed by atoms with Crippen LogP contribution in [-0.4, -0.2) is 43.7 Å². The fraction of sp³-hybridized carbons (Fsp3) is 0.500. The molecule has 1 aliphatic rings. The molecule has 0 spiro atoms. The zero-order valence-corrected chi connectivity index (χ0v) is 15.1. The van der Waals surface area contributed by atoms with Gasteiger partial charge >= 0.3 is 11.9 Å². The molecule has 0 aliphatic carbocycles. The highest BCUT2D eigenvalue weighted by molar-refractivity contribution is 6.07. The minimum atomic E-state index is -1.05. The Balaban J connectivity index is 2.37. The van der Waals surface area contributed by atoms with Crippen molar-refractivity contribution in [3.05, 3.63) is 24.3 Å². The highest BCUT2D eigenvalue weighted by atomic mass is 16.6. The number of nitrogens with zero attached hydrogens (tertiary/aromatic N) is 1. The molecule has 2 atom stereocenters. The zero-order valence-electron chi connectivity index (χ0n) is 15.1. The van der Waals surface area contributed by atoms with E-state index in [0.717, 1.165) is 0 Å². The third-order valence-corrected chi connectivity index (χ3v) is 4.23. The van der Waals surface area contributed by atoms with E-state index >= 15 is 0 Å². The minimum absolute atomic E-state index is 0.226. The summed E-state index contributed by atoms with van der Waals surface area (Å²) in [5.41, 5.74) is -0.458. The van der Waals surface area contributed by atoms with Crippen molar-refractivity contribution >= 4 is 23.5 Å². The van der Waals surface area contributed by atoms with Gasteiger partial charge in [-0.05, 0) is 45.0 Å². The van der Waals surface area contributed by atoms with E-state index in [2.05, 4.69) is 0 Å². The van der Waals surface area contributed by atoms with Crippen LogP contribution in [0.5, 0.6) is 5.75 Å². The molecule has 1 amide bonds. The van der Waals surface area contributed by atoms with Gasteiger partial charge in [0, 0.05) is 12.6 Å². The lowest BCUT2D eigenvalue weighted by Gasteiger charge is -2.51. The predicted octanol–water partition coefficient (Wildman–Crippen LogP) is 1.93. The maximum Gasteiger partial charge on any atom is 0.313 e. The lowest BCUT2D eigenvalue weighted by atomic mass is 9.74. The van der Waals surface area contributed by atoms with Crippen molar-refractivity contribution in [3.63, 3.8) is 0 Å². The third kappa shape index (κ3) is 3.45. The Kier molecular flexibility index (Phi) is 5.35. The molecular formula is C18H23NO6. The van der Waals surface area contributed by atoms with E-state index in [9.17, 15) is 14.4 Å². The van der Waals surface area contributed by atoms with Crippen LogP contribution in [-0.2, 0) is 23.9 Å². The van der Waals surface area contributed by atoms with Gasteiger partial charge in [-0.15, -0.1) is 0 Å².